The maximum atomic E-state index is 5.99. The summed E-state index contributed by atoms with van der Waals surface area (Å²) in [7, 11) is 1.67. The highest BCUT2D eigenvalue weighted by atomic mass is 35.5. The maximum absolute atomic E-state index is 5.99. The topological polar surface area (TPSA) is 80.4 Å². The van der Waals surface area contributed by atoms with Crippen LogP contribution in [-0.4, -0.2) is 53.1 Å². The minimum atomic E-state index is 0.207. The molecule has 0 atom stereocenters. The van der Waals surface area contributed by atoms with E-state index in [0.717, 1.165) is 60.6 Å². The minimum absolute atomic E-state index is 0.207. The first-order chi connectivity index (χ1) is 13.6. The third-order valence-electron chi connectivity index (χ3n) is 4.67. The van der Waals surface area contributed by atoms with Crippen LogP contribution in [0, 0.1) is 0 Å². The second kappa shape index (κ2) is 8.30. The van der Waals surface area contributed by atoms with Gasteiger partial charge in [0.15, 0.2) is 0 Å². The number of hydrogen-bond acceptors (Lipinski definition) is 8. The summed E-state index contributed by atoms with van der Waals surface area (Å²) in [5.74, 6) is 1.84. The first kappa shape index (κ1) is 18.9. The lowest BCUT2D eigenvalue weighted by molar-refractivity contribution is 0.247. The molecule has 0 amide bonds. The van der Waals surface area contributed by atoms with Crippen molar-refractivity contribution in [2.45, 2.75) is 6.54 Å². The molecule has 2 aromatic heterocycles. The molecule has 1 aromatic carbocycles. The molecule has 3 aromatic rings. The molecule has 0 radical (unpaired) electrons. The second-order valence-electron chi connectivity index (χ2n) is 6.54. The molecule has 28 heavy (non-hydrogen) atoms. The summed E-state index contributed by atoms with van der Waals surface area (Å²) in [6.07, 6.45) is 0. The number of nitrogens with two attached hydrogens (primary N) is 1. The number of aromatic nitrogens is 3. The number of nitrogen functional groups attached to an aromatic ring is 1. The fourth-order valence-electron chi connectivity index (χ4n) is 3.19. The Morgan fingerprint density at radius 1 is 1.11 bits per heavy atom. The van der Waals surface area contributed by atoms with Gasteiger partial charge in [0, 0.05) is 49.7 Å². The van der Waals surface area contributed by atoms with Gasteiger partial charge in [0.1, 0.15) is 21.7 Å². The quantitative estimate of drug-likeness (QED) is 0.640. The number of methoxy groups -OCH3 is 1. The van der Waals surface area contributed by atoms with Crippen LogP contribution in [0.15, 0.2) is 35.7 Å². The molecule has 9 heteroatoms. The second-order valence-corrected chi connectivity index (χ2v) is 7.79. The van der Waals surface area contributed by atoms with E-state index >= 15 is 0 Å². The number of ether oxygens (including phenoxy) is 1. The zero-order chi connectivity index (χ0) is 19.5. The van der Waals surface area contributed by atoms with Crippen LogP contribution in [0.25, 0.3) is 10.6 Å². The molecular weight excluding hydrogens is 396 g/mol. The number of rotatable bonds is 5. The number of benzene rings is 1. The van der Waals surface area contributed by atoms with Crippen LogP contribution in [-0.2, 0) is 6.54 Å². The number of nitrogens with zero attached hydrogens (tertiary/aromatic N) is 5. The van der Waals surface area contributed by atoms with Crippen LogP contribution in [0.3, 0.4) is 0 Å². The molecule has 4 rings (SSSR count). The van der Waals surface area contributed by atoms with Crippen molar-refractivity contribution in [3.63, 3.8) is 0 Å². The van der Waals surface area contributed by atoms with Crippen molar-refractivity contribution in [2.24, 2.45) is 0 Å². The van der Waals surface area contributed by atoms with Gasteiger partial charge in [-0.25, -0.2) is 9.97 Å². The molecule has 1 saturated heterocycles. The first-order valence-electron chi connectivity index (χ1n) is 8.97. The molecule has 0 saturated carbocycles. The lowest BCUT2D eigenvalue weighted by Crippen LogP contribution is -2.46. The Morgan fingerprint density at radius 2 is 1.86 bits per heavy atom. The molecule has 3 heterocycles. The normalized spacial score (nSPS) is 15.0. The summed E-state index contributed by atoms with van der Waals surface area (Å²) in [4.78, 5) is 17.6. The van der Waals surface area contributed by atoms with Crippen LogP contribution in [0.5, 0.6) is 5.75 Å². The highest BCUT2D eigenvalue weighted by molar-refractivity contribution is 7.13. The van der Waals surface area contributed by atoms with E-state index in [1.54, 1.807) is 24.5 Å². The van der Waals surface area contributed by atoms with E-state index in [4.69, 9.17) is 27.1 Å². The Labute approximate surface area is 172 Å². The summed E-state index contributed by atoms with van der Waals surface area (Å²) in [5.41, 5.74) is 7.91. The predicted molar refractivity (Wildman–Crippen MR) is 113 cm³/mol. The number of halogens is 1. The Morgan fingerprint density at radius 3 is 2.54 bits per heavy atom. The standard InChI is InChI=1S/C19H21ClN6OS/c1-27-15-4-2-13(3-5-15)18-22-14(12-28-18)11-25-6-8-26(9-7-25)17-10-16(20)23-19(21)24-17/h2-5,10,12H,6-9,11H2,1H3,(H2,21,23,24). The third kappa shape index (κ3) is 4.35. The molecule has 0 spiro atoms. The van der Waals surface area contributed by atoms with Gasteiger partial charge < -0.3 is 15.4 Å². The van der Waals surface area contributed by atoms with Crippen molar-refractivity contribution in [2.75, 3.05) is 43.9 Å². The molecule has 1 aliphatic rings. The number of piperazine rings is 1. The summed E-state index contributed by atoms with van der Waals surface area (Å²) in [6, 6.07) is 9.76. The Kier molecular flexibility index (Phi) is 5.61. The van der Waals surface area contributed by atoms with E-state index in [9.17, 15) is 0 Å². The van der Waals surface area contributed by atoms with Gasteiger partial charge in [0.25, 0.3) is 0 Å². The lowest BCUT2D eigenvalue weighted by Gasteiger charge is -2.35. The Bertz CT molecular complexity index is 920. The van der Waals surface area contributed by atoms with E-state index in [0.29, 0.717) is 5.15 Å². The van der Waals surface area contributed by atoms with E-state index < -0.39 is 0 Å². The Balaban J connectivity index is 1.35. The fourth-order valence-corrected chi connectivity index (χ4v) is 4.20. The highest BCUT2D eigenvalue weighted by Crippen LogP contribution is 2.26. The minimum Gasteiger partial charge on any atom is -0.497 e. The van der Waals surface area contributed by atoms with Gasteiger partial charge in [-0.1, -0.05) is 11.6 Å². The molecule has 0 unspecified atom stereocenters. The van der Waals surface area contributed by atoms with Crippen LogP contribution < -0.4 is 15.4 Å². The fraction of sp³-hybridized carbons (Fsp3) is 0.316. The highest BCUT2D eigenvalue weighted by Gasteiger charge is 2.20. The molecule has 146 valence electrons. The first-order valence-corrected chi connectivity index (χ1v) is 10.2. The van der Waals surface area contributed by atoms with Crippen LogP contribution >= 0.6 is 22.9 Å². The molecule has 1 aliphatic heterocycles. The van der Waals surface area contributed by atoms with Gasteiger partial charge in [0.2, 0.25) is 5.95 Å². The van der Waals surface area contributed by atoms with Crippen molar-refractivity contribution in [3.8, 4) is 16.3 Å². The monoisotopic (exact) mass is 416 g/mol. The van der Waals surface area contributed by atoms with Crippen molar-refractivity contribution >= 4 is 34.7 Å². The van der Waals surface area contributed by atoms with Crippen LogP contribution in [0.4, 0.5) is 11.8 Å². The summed E-state index contributed by atoms with van der Waals surface area (Å²) in [5, 5.41) is 3.54. The van der Waals surface area contributed by atoms with Crippen LogP contribution in [0.1, 0.15) is 5.69 Å². The van der Waals surface area contributed by atoms with Crippen molar-refractivity contribution in [1.29, 1.82) is 0 Å². The van der Waals surface area contributed by atoms with E-state index in [1.807, 2.05) is 24.3 Å². The Hall–Kier alpha value is -2.42. The van der Waals surface area contributed by atoms with Crippen LogP contribution in [0.2, 0.25) is 5.15 Å². The number of anilines is 2. The summed E-state index contributed by atoms with van der Waals surface area (Å²) in [6.45, 7) is 4.42. The smallest absolute Gasteiger partial charge is 0.223 e. The zero-order valence-electron chi connectivity index (χ0n) is 15.5. The molecule has 7 nitrogen and oxygen atoms in total. The van der Waals surface area contributed by atoms with Crippen molar-refractivity contribution in [1.82, 2.24) is 19.9 Å². The van der Waals surface area contributed by atoms with E-state index in [2.05, 4.69) is 25.1 Å². The van der Waals surface area contributed by atoms with Crippen molar-refractivity contribution < 1.29 is 4.74 Å². The third-order valence-corrected chi connectivity index (χ3v) is 5.80. The maximum Gasteiger partial charge on any atom is 0.223 e. The number of thiazole rings is 1. The van der Waals surface area contributed by atoms with E-state index in [1.165, 1.54) is 0 Å². The van der Waals surface area contributed by atoms with Gasteiger partial charge >= 0.3 is 0 Å². The average Bonchev–Trinajstić information content (AvgIpc) is 3.16. The molecular formula is C19H21ClN6OS. The molecule has 2 N–H and O–H groups in total. The predicted octanol–water partition coefficient (Wildman–Crippen LogP) is 3.17. The molecule has 0 bridgehead atoms. The van der Waals surface area contributed by atoms with Gasteiger partial charge in [-0.2, -0.15) is 4.98 Å². The van der Waals surface area contributed by atoms with Gasteiger partial charge in [-0.05, 0) is 24.3 Å². The van der Waals surface area contributed by atoms with Crippen molar-refractivity contribution in [3.05, 3.63) is 46.6 Å². The largest absolute Gasteiger partial charge is 0.497 e. The van der Waals surface area contributed by atoms with E-state index in [-0.39, 0.29) is 5.95 Å². The average molecular weight is 417 g/mol. The summed E-state index contributed by atoms with van der Waals surface area (Å²) >= 11 is 7.66. The number of hydrogen-bond donors (Lipinski definition) is 1. The molecule has 0 aliphatic carbocycles. The SMILES string of the molecule is COc1ccc(-c2nc(CN3CCN(c4cc(Cl)nc(N)n4)CC3)cs2)cc1. The zero-order valence-corrected chi connectivity index (χ0v) is 17.1. The van der Waals surface area contributed by atoms with Gasteiger partial charge in [-0.3, -0.25) is 4.90 Å². The summed E-state index contributed by atoms with van der Waals surface area (Å²) < 4.78 is 5.21. The molecule has 1 fully saturated rings. The lowest BCUT2D eigenvalue weighted by atomic mass is 10.2. The van der Waals surface area contributed by atoms with Gasteiger partial charge in [-0.15, -0.1) is 11.3 Å². The van der Waals surface area contributed by atoms with Gasteiger partial charge in [0.05, 0.1) is 12.8 Å².